The number of fused-ring (bicyclic) bond motifs is 2. The molecule has 0 unspecified atom stereocenters. The van der Waals surface area contributed by atoms with E-state index >= 15 is 0 Å². The van der Waals surface area contributed by atoms with E-state index in [1.807, 2.05) is 48.5 Å². The number of rotatable bonds is 1. The highest BCUT2D eigenvalue weighted by molar-refractivity contribution is 7.80. The highest BCUT2D eigenvalue weighted by Crippen LogP contribution is 2.16. The van der Waals surface area contributed by atoms with Gasteiger partial charge < -0.3 is 5.73 Å². The van der Waals surface area contributed by atoms with Gasteiger partial charge in [-0.15, -0.1) is 0 Å². The molecule has 0 fully saturated rings. The van der Waals surface area contributed by atoms with E-state index in [0.717, 1.165) is 27.1 Å². The molecule has 4 nitrogen and oxygen atoms in total. The van der Waals surface area contributed by atoms with Crippen LogP contribution in [0.25, 0.3) is 21.5 Å². The lowest BCUT2D eigenvalue weighted by Gasteiger charge is -2.02. The first-order valence-electron chi connectivity index (χ1n) is 7.56. The molecule has 0 spiro atoms. The maximum Gasteiger partial charge on any atom is 0.106 e. The molecule has 2 aromatic heterocycles. The van der Waals surface area contributed by atoms with Gasteiger partial charge in [0.05, 0.1) is 5.56 Å². The van der Waals surface area contributed by atoms with Crippen molar-refractivity contribution in [1.29, 1.82) is 5.26 Å². The van der Waals surface area contributed by atoms with Crippen molar-refractivity contribution in [2.24, 2.45) is 5.73 Å². The fourth-order valence-corrected chi connectivity index (χ4v) is 2.68. The van der Waals surface area contributed by atoms with Crippen molar-refractivity contribution in [2.45, 2.75) is 0 Å². The summed E-state index contributed by atoms with van der Waals surface area (Å²) in [5, 5.41) is 12.8. The zero-order chi connectivity index (χ0) is 17.6. The molecule has 0 bridgehead atoms. The van der Waals surface area contributed by atoms with Gasteiger partial charge in [-0.2, -0.15) is 18.8 Å². The van der Waals surface area contributed by atoms with Gasteiger partial charge in [-0.3, -0.25) is 9.97 Å². The SMILES string of the molecule is N#Cc1cncc2ccccc12.NC(=S)c1cncc2ccccc12.S. The van der Waals surface area contributed by atoms with Crippen molar-refractivity contribution in [2.75, 3.05) is 0 Å². The molecule has 6 heteroatoms. The molecular formula is C20H16N4S2. The number of hydrogen-bond acceptors (Lipinski definition) is 4. The Kier molecular flexibility index (Phi) is 6.61. The van der Waals surface area contributed by atoms with Crippen LogP contribution < -0.4 is 5.73 Å². The molecule has 0 aliphatic heterocycles. The molecule has 4 rings (SSSR count). The first-order valence-corrected chi connectivity index (χ1v) is 7.97. The van der Waals surface area contributed by atoms with E-state index < -0.39 is 0 Å². The molecule has 2 N–H and O–H groups in total. The molecule has 2 heterocycles. The van der Waals surface area contributed by atoms with E-state index in [2.05, 4.69) is 16.0 Å². The minimum absolute atomic E-state index is 0. The predicted octanol–water partition coefficient (Wildman–Crippen LogP) is 4.09. The Bertz CT molecular complexity index is 1090. The number of benzene rings is 2. The van der Waals surface area contributed by atoms with E-state index in [0.29, 0.717) is 10.6 Å². The second kappa shape index (κ2) is 8.90. The number of nitrogens with two attached hydrogens (primary N) is 1. The van der Waals surface area contributed by atoms with Crippen LogP contribution in [0.15, 0.2) is 73.3 Å². The van der Waals surface area contributed by atoms with Gasteiger partial charge >= 0.3 is 0 Å². The minimum atomic E-state index is 0. The second-order valence-corrected chi connectivity index (χ2v) is 5.73. The van der Waals surface area contributed by atoms with Crippen LogP contribution in [0, 0.1) is 11.3 Å². The molecule has 0 aliphatic carbocycles. The molecule has 128 valence electrons. The number of nitrogens with zero attached hydrogens (tertiary/aromatic N) is 3. The zero-order valence-corrected chi connectivity index (χ0v) is 15.6. The van der Waals surface area contributed by atoms with Crippen molar-refractivity contribution >= 4 is 52.2 Å². The summed E-state index contributed by atoms with van der Waals surface area (Å²) in [4.78, 5) is 8.42. The van der Waals surface area contributed by atoms with Crippen molar-refractivity contribution in [1.82, 2.24) is 9.97 Å². The molecule has 0 saturated heterocycles. The summed E-state index contributed by atoms with van der Waals surface area (Å²) < 4.78 is 0. The van der Waals surface area contributed by atoms with Crippen LogP contribution in [-0.4, -0.2) is 15.0 Å². The van der Waals surface area contributed by atoms with Gasteiger partial charge in [0, 0.05) is 46.5 Å². The van der Waals surface area contributed by atoms with Gasteiger partial charge in [-0.1, -0.05) is 60.7 Å². The average molecular weight is 377 g/mol. The monoisotopic (exact) mass is 376 g/mol. The lowest BCUT2D eigenvalue weighted by atomic mass is 10.1. The van der Waals surface area contributed by atoms with Crippen molar-refractivity contribution in [3.05, 3.63) is 84.4 Å². The Labute approximate surface area is 163 Å². The normalized spacial score (nSPS) is 9.50. The van der Waals surface area contributed by atoms with Crippen LogP contribution >= 0.6 is 25.7 Å². The van der Waals surface area contributed by atoms with Crippen molar-refractivity contribution < 1.29 is 0 Å². The van der Waals surface area contributed by atoms with E-state index in [1.54, 1.807) is 24.8 Å². The lowest BCUT2D eigenvalue weighted by Crippen LogP contribution is -2.10. The van der Waals surface area contributed by atoms with Crippen LogP contribution in [-0.2, 0) is 0 Å². The smallest absolute Gasteiger partial charge is 0.106 e. The van der Waals surface area contributed by atoms with Gasteiger partial charge in [-0.05, 0) is 5.39 Å². The Hall–Kier alpha value is -3.01. The van der Waals surface area contributed by atoms with E-state index in [9.17, 15) is 0 Å². The molecule has 0 aliphatic rings. The second-order valence-electron chi connectivity index (χ2n) is 5.29. The minimum Gasteiger partial charge on any atom is -0.389 e. The molecule has 0 saturated carbocycles. The highest BCUT2D eigenvalue weighted by Gasteiger charge is 2.02. The third-order valence-corrected chi connectivity index (χ3v) is 3.94. The molecule has 26 heavy (non-hydrogen) atoms. The Morgan fingerprint density at radius 3 is 2.00 bits per heavy atom. The van der Waals surface area contributed by atoms with Crippen molar-refractivity contribution in [3.8, 4) is 6.07 Å². The van der Waals surface area contributed by atoms with Gasteiger partial charge in [-0.25, -0.2) is 0 Å². The summed E-state index contributed by atoms with van der Waals surface area (Å²) in [6, 6.07) is 17.7. The first kappa shape index (κ1) is 19.3. The number of aromatic nitrogens is 2. The third kappa shape index (κ3) is 4.14. The fourth-order valence-electron chi connectivity index (χ4n) is 2.52. The zero-order valence-electron chi connectivity index (χ0n) is 13.8. The summed E-state index contributed by atoms with van der Waals surface area (Å²) in [5.41, 5.74) is 7.04. The molecule has 0 radical (unpaired) electrons. The average Bonchev–Trinajstić information content (AvgIpc) is 2.67. The first-order chi connectivity index (χ1) is 12.2. The summed E-state index contributed by atoms with van der Waals surface area (Å²) >= 11 is 4.93. The lowest BCUT2D eigenvalue weighted by molar-refractivity contribution is 1.34. The maximum atomic E-state index is 8.75. The van der Waals surface area contributed by atoms with Crippen molar-refractivity contribution in [3.63, 3.8) is 0 Å². The Morgan fingerprint density at radius 1 is 0.846 bits per heavy atom. The Morgan fingerprint density at radius 2 is 1.38 bits per heavy atom. The standard InChI is InChI=1S/C10H8N2S.C10H6N2.H2S/c11-10(13)9-6-12-5-7-3-1-2-4-8(7)9;11-5-9-7-12-6-8-3-1-2-4-10(8)9;/h1-6H,(H2,11,13);1-4,6-7H;1H2. The van der Waals surface area contributed by atoms with Crippen LogP contribution in [0.3, 0.4) is 0 Å². The number of pyridine rings is 2. The molecular weight excluding hydrogens is 360 g/mol. The largest absolute Gasteiger partial charge is 0.389 e. The quantitative estimate of drug-likeness (QED) is 0.507. The summed E-state index contributed by atoms with van der Waals surface area (Å²) in [6.45, 7) is 0. The van der Waals surface area contributed by atoms with E-state index in [-0.39, 0.29) is 13.5 Å². The van der Waals surface area contributed by atoms with Crippen LogP contribution in [0.4, 0.5) is 0 Å². The number of thiocarbonyl (C=S) groups is 1. The van der Waals surface area contributed by atoms with Crippen LogP contribution in [0.1, 0.15) is 11.1 Å². The molecule has 0 amide bonds. The van der Waals surface area contributed by atoms with Gasteiger partial charge in [0.15, 0.2) is 0 Å². The molecule has 2 aromatic carbocycles. The topological polar surface area (TPSA) is 75.6 Å². The van der Waals surface area contributed by atoms with Gasteiger partial charge in [0.1, 0.15) is 11.1 Å². The summed E-state index contributed by atoms with van der Waals surface area (Å²) in [6.07, 6.45) is 6.85. The third-order valence-electron chi connectivity index (χ3n) is 3.72. The van der Waals surface area contributed by atoms with E-state index in [1.165, 1.54) is 0 Å². The van der Waals surface area contributed by atoms with Gasteiger partial charge in [0.25, 0.3) is 0 Å². The predicted molar refractivity (Wildman–Crippen MR) is 114 cm³/mol. The van der Waals surface area contributed by atoms with Crippen LogP contribution in [0.5, 0.6) is 0 Å². The number of hydrogen-bond donors (Lipinski definition) is 1. The summed E-state index contributed by atoms with van der Waals surface area (Å²) in [5.74, 6) is 0. The summed E-state index contributed by atoms with van der Waals surface area (Å²) in [7, 11) is 0. The fraction of sp³-hybridized carbons (Fsp3) is 0. The van der Waals surface area contributed by atoms with Crippen LogP contribution in [0.2, 0.25) is 0 Å². The number of nitriles is 1. The maximum absolute atomic E-state index is 8.75. The highest BCUT2D eigenvalue weighted by atomic mass is 32.1. The molecule has 4 aromatic rings. The molecule has 0 atom stereocenters. The Balaban J connectivity index is 0.000000180. The van der Waals surface area contributed by atoms with E-state index in [4.69, 9.17) is 23.2 Å². The van der Waals surface area contributed by atoms with Gasteiger partial charge in [0.2, 0.25) is 0 Å².